The molecule has 0 amide bonds. The summed E-state index contributed by atoms with van der Waals surface area (Å²) in [4.78, 5) is 21.9. The van der Waals surface area contributed by atoms with Crippen molar-refractivity contribution in [2.24, 2.45) is 7.05 Å². The highest BCUT2D eigenvalue weighted by molar-refractivity contribution is 5.45. The average Bonchev–Trinajstić information content (AvgIpc) is 2.65. The Balaban J connectivity index is 2.55. The summed E-state index contributed by atoms with van der Waals surface area (Å²) in [6.45, 7) is 0. The van der Waals surface area contributed by atoms with E-state index in [-0.39, 0.29) is 11.4 Å². The molecule has 0 spiro atoms. The van der Waals surface area contributed by atoms with Crippen LogP contribution < -0.4 is 11.0 Å². The van der Waals surface area contributed by atoms with Gasteiger partial charge in [-0.1, -0.05) is 0 Å². The van der Waals surface area contributed by atoms with Gasteiger partial charge in [-0.2, -0.15) is 0 Å². The van der Waals surface area contributed by atoms with E-state index in [4.69, 9.17) is 0 Å². The van der Waals surface area contributed by atoms with Crippen LogP contribution in [-0.2, 0) is 7.05 Å². The zero-order valence-electron chi connectivity index (χ0n) is 9.82. The molecule has 0 unspecified atom stereocenters. The first-order valence-electron chi connectivity index (χ1n) is 5.13. The molecule has 18 heavy (non-hydrogen) atoms. The van der Waals surface area contributed by atoms with Gasteiger partial charge in [-0.3, -0.25) is 10.1 Å². The molecule has 2 aromatic rings. The van der Waals surface area contributed by atoms with Gasteiger partial charge in [0.25, 0.3) is 5.69 Å². The fourth-order valence-electron chi connectivity index (χ4n) is 1.58. The largest absolute Gasteiger partial charge is 0.357 e. The molecule has 0 saturated heterocycles. The molecule has 8 heteroatoms. The van der Waals surface area contributed by atoms with Crippen LogP contribution in [-0.4, -0.2) is 26.3 Å². The number of benzene rings is 1. The summed E-state index contributed by atoms with van der Waals surface area (Å²) in [6.07, 6.45) is 0. The van der Waals surface area contributed by atoms with E-state index in [1.54, 1.807) is 7.05 Å². The lowest BCUT2D eigenvalue weighted by molar-refractivity contribution is -0.384. The monoisotopic (exact) mass is 249 g/mol. The molecule has 0 bridgehead atoms. The average molecular weight is 249 g/mol. The van der Waals surface area contributed by atoms with Crippen LogP contribution in [0.15, 0.2) is 29.1 Å². The maximum absolute atomic E-state index is 11.9. The van der Waals surface area contributed by atoms with Crippen LogP contribution >= 0.6 is 0 Å². The number of nitro groups is 1. The van der Waals surface area contributed by atoms with Crippen LogP contribution in [0.25, 0.3) is 5.69 Å². The Bertz CT molecular complexity index is 641. The minimum atomic E-state index is -0.491. The van der Waals surface area contributed by atoms with Gasteiger partial charge in [0, 0.05) is 26.2 Å². The summed E-state index contributed by atoms with van der Waals surface area (Å²) in [6, 6.07) is 5.69. The van der Waals surface area contributed by atoms with E-state index in [2.05, 4.69) is 10.4 Å². The minimum absolute atomic E-state index is 0.0262. The van der Waals surface area contributed by atoms with Gasteiger partial charge in [0.15, 0.2) is 0 Å². The Morgan fingerprint density at radius 3 is 2.44 bits per heavy atom. The van der Waals surface area contributed by atoms with Gasteiger partial charge in [0.05, 0.1) is 10.6 Å². The second-order valence-electron chi connectivity index (χ2n) is 3.59. The Kier molecular flexibility index (Phi) is 2.84. The van der Waals surface area contributed by atoms with E-state index >= 15 is 0 Å². The first-order chi connectivity index (χ1) is 8.54. The van der Waals surface area contributed by atoms with Crippen LogP contribution in [0.4, 0.5) is 11.6 Å². The third kappa shape index (κ3) is 1.83. The van der Waals surface area contributed by atoms with Gasteiger partial charge in [0.2, 0.25) is 5.95 Å². The molecule has 0 saturated carbocycles. The Morgan fingerprint density at radius 1 is 1.33 bits per heavy atom. The van der Waals surface area contributed by atoms with E-state index in [0.29, 0.717) is 11.6 Å². The zero-order valence-corrected chi connectivity index (χ0v) is 9.82. The van der Waals surface area contributed by atoms with Crippen LogP contribution in [0.5, 0.6) is 0 Å². The number of aromatic nitrogens is 3. The molecule has 0 aliphatic heterocycles. The minimum Gasteiger partial charge on any atom is -0.357 e. The van der Waals surface area contributed by atoms with Crippen LogP contribution in [0.3, 0.4) is 0 Å². The Morgan fingerprint density at radius 2 is 1.94 bits per heavy atom. The molecule has 8 nitrogen and oxygen atoms in total. The first kappa shape index (κ1) is 11.8. The molecule has 0 aliphatic rings. The predicted molar refractivity (Wildman–Crippen MR) is 65.0 cm³/mol. The second kappa shape index (κ2) is 4.32. The predicted octanol–water partition coefficient (Wildman–Crippen LogP) is 0.521. The lowest BCUT2D eigenvalue weighted by atomic mass is 10.3. The molecule has 0 aliphatic carbocycles. The second-order valence-corrected chi connectivity index (χ2v) is 3.59. The van der Waals surface area contributed by atoms with Crippen LogP contribution in [0.2, 0.25) is 0 Å². The summed E-state index contributed by atoms with van der Waals surface area (Å²) >= 11 is 0. The maximum Gasteiger partial charge on any atom is 0.351 e. The fraction of sp³-hybridized carbons (Fsp3) is 0.200. The molecular formula is C10H11N5O3. The Hall–Kier alpha value is -2.64. The number of anilines is 1. The van der Waals surface area contributed by atoms with Crippen molar-refractivity contribution in [3.63, 3.8) is 0 Å². The zero-order chi connectivity index (χ0) is 13.3. The highest BCUT2D eigenvalue weighted by Crippen LogP contribution is 2.16. The molecule has 94 valence electrons. The van der Waals surface area contributed by atoms with Crippen LogP contribution in [0.1, 0.15) is 0 Å². The highest BCUT2D eigenvalue weighted by Gasteiger charge is 2.13. The molecule has 0 atom stereocenters. The molecular weight excluding hydrogens is 238 g/mol. The van der Waals surface area contributed by atoms with Crippen LogP contribution in [0, 0.1) is 10.1 Å². The SMILES string of the molecule is CNc1nn(C)c(=O)n1-c1ccc([N+](=O)[O-])cc1. The molecule has 1 heterocycles. The van der Waals surface area contributed by atoms with E-state index in [9.17, 15) is 14.9 Å². The van der Waals surface area contributed by atoms with Gasteiger partial charge in [-0.15, -0.1) is 5.10 Å². The summed E-state index contributed by atoms with van der Waals surface area (Å²) in [7, 11) is 3.18. The third-order valence-corrected chi connectivity index (χ3v) is 2.47. The quantitative estimate of drug-likeness (QED) is 0.632. The smallest absolute Gasteiger partial charge is 0.351 e. The van der Waals surface area contributed by atoms with Crippen molar-refractivity contribution in [3.05, 3.63) is 44.9 Å². The third-order valence-electron chi connectivity index (χ3n) is 2.47. The van der Waals surface area contributed by atoms with Crippen molar-refractivity contribution in [1.82, 2.24) is 14.3 Å². The summed E-state index contributed by atoms with van der Waals surface area (Å²) in [5.41, 5.74) is 0.165. The molecule has 0 fully saturated rings. The number of rotatable bonds is 3. The standard InChI is InChI=1S/C10H11N5O3/c1-11-9-12-13(2)10(16)14(9)7-3-5-8(6-4-7)15(17)18/h3-6H,1-2H3,(H,11,12). The lowest BCUT2D eigenvalue weighted by Crippen LogP contribution is -2.21. The van der Waals surface area contributed by atoms with E-state index in [0.717, 1.165) is 0 Å². The molecule has 0 radical (unpaired) electrons. The van der Waals surface area contributed by atoms with E-state index in [1.807, 2.05) is 0 Å². The molecule has 1 aromatic carbocycles. The number of hydrogen-bond acceptors (Lipinski definition) is 5. The van der Waals surface area contributed by atoms with Crippen molar-refractivity contribution >= 4 is 11.6 Å². The first-order valence-corrected chi connectivity index (χ1v) is 5.13. The van der Waals surface area contributed by atoms with Crippen molar-refractivity contribution in [2.75, 3.05) is 12.4 Å². The van der Waals surface area contributed by atoms with Crippen molar-refractivity contribution in [3.8, 4) is 5.69 Å². The molecule has 1 N–H and O–H groups in total. The van der Waals surface area contributed by atoms with Crippen molar-refractivity contribution in [2.45, 2.75) is 0 Å². The summed E-state index contributed by atoms with van der Waals surface area (Å²) in [5.74, 6) is 0.372. The van der Waals surface area contributed by atoms with Gasteiger partial charge in [-0.25, -0.2) is 14.0 Å². The van der Waals surface area contributed by atoms with Gasteiger partial charge >= 0.3 is 5.69 Å². The summed E-state index contributed by atoms with van der Waals surface area (Å²) < 4.78 is 2.52. The number of non-ortho nitro benzene ring substituents is 1. The van der Waals surface area contributed by atoms with Gasteiger partial charge in [-0.05, 0) is 12.1 Å². The molecule has 1 aromatic heterocycles. The highest BCUT2D eigenvalue weighted by atomic mass is 16.6. The number of nitrogens with zero attached hydrogens (tertiary/aromatic N) is 4. The van der Waals surface area contributed by atoms with Crippen molar-refractivity contribution in [1.29, 1.82) is 0 Å². The maximum atomic E-state index is 11.9. The van der Waals surface area contributed by atoms with Crippen molar-refractivity contribution < 1.29 is 4.92 Å². The number of nitro benzene ring substituents is 1. The van der Waals surface area contributed by atoms with Gasteiger partial charge in [0.1, 0.15) is 0 Å². The Labute approximate surface area is 102 Å². The topological polar surface area (TPSA) is 95.0 Å². The molecule has 2 rings (SSSR count). The fourth-order valence-corrected chi connectivity index (χ4v) is 1.58. The lowest BCUT2D eigenvalue weighted by Gasteiger charge is -2.03. The number of aryl methyl sites for hydroxylation is 1. The van der Waals surface area contributed by atoms with E-state index < -0.39 is 4.92 Å². The van der Waals surface area contributed by atoms with Gasteiger partial charge < -0.3 is 5.32 Å². The number of hydrogen-bond donors (Lipinski definition) is 1. The normalized spacial score (nSPS) is 10.3. The van der Waals surface area contributed by atoms with E-state index in [1.165, 1.54) is 40.6 Å². The summed E-state index contributed by atoms with van der Waals surface area (Å²) in [5, 5.41) is 17.3. The number of nitrogens with one attached hydrogen (secondary N) is 1.